The van der Waals surface area contributed by atoms with Crippen molar-refractivity contribution >= 4 is 17.6 Å². The van der Waals surface area contributed by atoms with Gasteiger partial charge in [-0.3, -0.25) is 0 Å². The van der Waals surface area contributed by atoms with Crippen LogP contribution in [-0.2, 0) is 0 Å². The summed E-state index contributed by atoms with van der Waals surface area (Å²) in [7, 11) is 0. The first-order valence-corrected chi connectivity index (χ1v) is 5.44. The summed E-state index contributed by atoms with van der Waals surface area (Å²) in [5.41, 5.74) is 0.489. The molecule has 16 heavy (non-hydrogen) atoms. The number of nitrogens with zero attached hydrogens (tertiary/aromatic N) is 2. The molecular weight excluding hydrogens is 232 g/mol. The Morgan fingerprint density at radius 1 is 1.56 bits per heavy atom. The van der Waals surface area contributed by atoms with E-state index in [1.807, 2.05) is 0 Å². The number of carbonyl (C=O) groups is 1. The van der Waals surface area contributed by atoms with Crippen molar-refractivity contribution < 1.29 is 14.6 Å². The molecular formula is C10H13ClN2O3. The smallest absolute Gasteiger partial charge is 0.339 e. The standard InChI is InChI=1S/C10H13ClN2O3/c1-7-8(9(14)15)6-12-10(13-7)16-5-3-2-4-11/h6H,2-5H2,1H3,(H,14,15). The molecule has 0 unspecified atom stereocenters. The molecule has 88 valence electrons. The molecule has 0 aromatic carbocycles. The zero-order chi connectivity index (χ0) is 12.0. The second-order valence-electron chi connectivity index (χ2n) is 3.20. The maximum absolute atomic E-state index is 10.7. The van der Waals surface area contributed by atoms with Gasteiger partial charge < -0.3 is 9.84 Å². The molecule has 0 spiro atoms. The quantitative estimate of drug-likeness (QED) is 0.611. The summed E-state index contributed by atoms with van der Waals surface area (Å²) in [4.78, 5) is 18.5. The van der Waals surface area contributed by atoms with Gasteiger partial charge in [0.05, 0.1) is 17.9 Å². The molecule has 0 aliphatic heterocycles. The first kappa shape index (κ1) is 12.7. The van der Waals surface area contributed by atoms with Crippen LogP contribution in [0.2, 0.25) is 0 Å². The number of carboxylic acids is 1. The highest BCUT2D eigenvalue weighted by Gasteiger charge is 2.10. The zero-order valence-corrected chi connectivity index (χ0v) is 9.70. The Morgan fingerprint density at radius 3 is 2.88 bits per heavy atom. The number of ether oxygens (including phenoxy) is 1. The van der Waals surface area contributed by atoms with Gasteiger partial charge in [-0.2, -0.15) is 4.98 Å². The third-order valence-corrected chi connectivity index (χ3v) is 2.21. The van der Waals surface area contributed by atoms with E-state index in [2.05, 4.69) is 9.97 Å². The highest BCUT2D eigenvalue weighted by atomic mass is 35.5. The van der Waals surface area contributed by atoms with Crippen molar-refractivity contribution in [3.05, 3.63) is 17.5 Å². The Morgan fingerprint density at radius 2 is 2.31 bits per heavy atom. The lowest BCUT2D eigenvalue weighted by molar-refractivity contribution is 0.0695. The lowest BCUT2D eigenvalue weighted by atomic mass is 10.2. The second kappa shape index (κ2) is 6.27. The second-order valence-corrected chi connectivity index (χ2v) is 3.58. The van der Waals surface area contributed by atoms with Crippen molar-refractivity contribution in [1.29, 1.82) is 0 Å². The fourth-order valence-electron chi connectivity index (χ4n) is 1.09. The van der Waals surface area contributed by atoms with E-state index in [1.165, 1.54) is 6.20 Å². The van der Waals surface area contributed by atoms with Gasteiger partial charge in [-0.1, -0.05) is 0 Å². The van der Waals surface area contributed by atoms with Crippen LogP contribution >= 0.6 is 11.6 Å². The predicted molar refractivity (Wildman–Crippen MR) is 59.2 cm³/mol. The summed E-state index contributed by atoms with van der Waals surface area (Å²) in [5, 5.41) is 8.77. The first-order chi connectivity index (χ1) is 7.65. The number of aromatic nitrogens is 2. The van der Waals surface area contributed by atoms with Crippen molar-refractivity contribution in [3.63, 3.8) is 0 Å². The van der Waals surface area contributed by atoms with Gasteiger partial charge >= 0.3 is 12.0 Å². The minimum atomic E-state index is -1.04. The maximum Gasteiger partial charge on any atom is 0.339 e. The van der Waals surface area contributed by atoms with Gasteiger partial charge in [-0.25, -0.2) is 9.78 Å². The van der Waals surface area contributed by atoms with E-state index in [-0.39, 0.29) is 11.6 Å². The molecule has 0 atom stereocenters. The van der Waals surface area contributed by atoms with Gasteiger partial charge in [0, 0.05) is 12.1 Å². The Labute approximate surface area is 98.4 Å². The molecule has 0 aliphatic rings. The van der Waals surface area contributed by atoms with E-state index < -0.39 is 5.97 Å². The van der Waals surface area contributed by atoms with Crippen LogP contribution in [-0.4, -0.2) is 33.5 Å². The highest BCUT2D eigenvalue weighted by Crippen LogP contribution is 2.09. The summed E-state index contributed by atoms with van der Waals surface area (Å²) in [6.07, 6.45) is 2.95. The van der Waals surface area contributed by atoms with Crippen molar-refractivity contribution in [3.8, 4) is 6.01 Å². The molecule has 6 heteroatoms. The fourth-order valence-corrected chi connectivity index (χ4v) is 1.27. The summed E-state index contributed by atoms with van der Waals surface area (Å²) in [6, 6.07) is 0.206. The van der Waals surface area contributed by atoms with Crippen LogP contribution in [0.5, 0.6) is 6.01 Å². The maximum atomic E-state index is 10.7. The first-order valence-electron chi connectivity index (χ1n) is 4.91. The molecule has 0 fully saturated rings. The van der Waals surface area contributed by atoms with Crippen LogP contribution in [0.4, 0.5) is 0 Å². The van der Waals surface area contributed by atoms with E-state index in [0.29, 0.717) is 18.2 Å². The minimum Gasteiger partial charge on any atom is -0.478 e. The van der Waals surface area contributed by atoms with Gasteiger partial charge in [-0.05, 0) is 19.8 Å². The van der Waals surface area contributed by atoms with Gasteiger partial charge in [0.15, 0.2) is 0 Å². The third kappa shape index (κ3) is 3.66. The van der Waals surface area contributed by atoms with Crippen LogP contribution in [0.1, 0.15) is 28.9 Å². The van der Waals surface area contributed by atoms with Crippen LogP contribution in [0.15, 0.2) is 6.20 Å². The fraction of sp³-hybridized carbons (Fsp3) is 0.500. The number of hydrogen-bond donors (Lipinski definition) is 1. The Bertz CT molecular complexity index is 371. The van der Waals surface area contributed by atoms with Gasteiger partial charge in [0.1, 0.15) is 0 Å². The Balaban J connectivity index is 2.56. The molecule has 1 aromatic heterocycles. The molecule has 0 saturated carbocycles. The SMILES string of the molecule is Cc1nc(OCCCCCl)ncc1C(=O)O. The number of halogens is 1. The third-order valence-electron chi connectivity index (χ3n) is 1.95. The molecule has 0 amide bonds. The molecule has 0 saturated heterocycles. The van der Waals surface area contributed by atoms with Crippen molar-refractivity contribution in [1.82, 2.24) is 9.97 Å². The number of rotatable bonds is 6. The Hall–Kier alpha value is -1.36. The number of carboxylic acid groups (broad SMARTS) is 1. The zero-order valence-electron chi connectivity index (χ0n) is 8.94. The van der Waals surface area contributed by atoms with E-state index in [9.17, 15) is 4.79 Å². The monoisotopic (exact) mass is 244 g/mol. The van der Waals surface area contributed by atoms with E-state index in [0.717, 1.165) is 12.8 Å². The average Bonchev–Trinajstić information content (AvgIpc) is 2.24. The number of aromatic carboxylic acids is 1. The highest BCUT2D eigenvalue weighted by molar-refractivity contribution is 6.17. The summed E-state index contributed by atoms with van der Waals surface area (Å²) in [5.74, 6) is -0.438. The lowest BCUT2D eigenvalue weighted by Gasteiger charge is -2.05. The van der Waals surface area contributed by atoms with Crippen LogP contribution < -0.4 is 4.74 Å². The molecule has 5 nitrogen and oxygen atoms in total. The number of aryl methyl sites for hydroxylation is 1. The largest absolute Gasteiger partial charge is 0.478 e. The average molecular weight is 245 g/mol. The van der Waals surface area contributed by atoms with Gasteiger partial charge in [0.2, 0.25) is 0 Å². The number of hydrogen-bond acceptors (Lipinski definition) is 4. The summed E-state index contributed by atoms with van der Waals surface area (Å²) in [6.45, 7) is 2.09. The van der Waals surface area contributed by atoms with Crippen LogP contribution in [0.3, 0.4) is 0 Å². The number of unbranched alkanes of at least 4 members (excludes halogenated alkanes) is 1. The van der Waals surface area contributed by atoms with Crippen molar-refractivity contribution in [2.24, 2.45) is 0 Å². The molecule has 1 N–H and O–H groups in total. The summed E-state index contributed by atoms with van der Waals surface area (Å²) >= 11 is 5.51. The summed E-state index contributed by atoms with van der Waals surface area (Å²) < 4.78 is 5.25. The van der Waals surface area contributed by atoms with Crippen molar-refractivity contribution in [2.45, 2.75) is 19.8 Å². The van der Waals surface area contributed by atoms with Crippen molar-refractivity contribution in [2.75, 3.05) is 12.5 Å². The Kier molecular flexibility index (Phi) is 4.98. The molecule has 0 aliphatic carbocycles. The van der Waals surface area contributed by atoms with E-state index in [1.54, 1.807) is 6.92 Å². The van der Waals surface area contributed by atoms with Crippen LogP contribution in [0.25, 0.3) is 0 Å². The predicted octanol–water partition coefficient (Wildman–Crippen LogP) is 1.88. The molecule has 1 aromatic rings. The molecule has 1 heterocycles. The van der Waals surface area contributed by atoms with E-state index >= 15 is 0 Å². The minimum absolute atomic E-state index is 0.0908. The number of alkyl halides is 1. The molecule has 0 bridgehead atoms. The topological polar surface area (TPSA) is 72.3 Å². The lowest BCUT2D eigenvalue weighted by Crippen LogP contribution is -2.07. The van der Waals surface area contributed by atoms with Gasteiger partial charge in [-0.15, -0.1) is 11.6 Å². The van der Waals surface area contributed by atoms with E-state index in [4.69, 9.17) is 21.4 Å². The molecule has 0 radical (unpaired) electrons. The van der Waals surface area contributed by atoms with Crippen LogP contribution in [0, 0.1) is 6.92 Å². The normalized spacial score (nSPS) is 10.1. The molecule has 1 rings (SSSR count). The van der Waals surface area contributed by atoms with Gasteiger partial charge in [0.25, 0.3) is 0 Å².